The Morgan fingerprint density at radius 1 is 1.00 bits per heavy atom. The van der Waals surface area contributed by atoms with E-state index in [4.69, 9.17) is 4.74 Å². The fourth-order valence-corrected chi connectivity index (χ4v) is 3.96. The molecule has 3 aromatic carbocycles. The van der Waals surface area contributed by atoms with Crippen LogP contribution in [0.4, 0.5) is 17.6 Å². The number of halogens is 5. The molecule has 2 atom stereocenters. The van der Waals surface area contributed by atoms with Gasteiger partial charge in [-0.3, -0.25) is 0 Å². The molecule has 0 amide bonds. The van der Waals surface area contributed by atoms with Crippen molar-refractivity contribution in [2.75, 3.05) is 11.9 Å². The number of esters is 1. The van der Waals surface area contributed by atoms with Gasteiger partial charge in [-0.25, -0.2) is 22.4 Å². The standard InChI is InChI=1S/C25H19BrF4O4/c26-11-10-18-19(7-9-21(28)23(18)30)25(33,17-6-8-20(27)22(29)12-17)24(32)34-14-16(13-31)15-4-2-1-3-5-15/h1-9,12-13,16,33H,10-11,14H2. The maximum atomic E-state index is 14.7. The predicted octanol–water partition coefficient (Wildman–Crippen LogP) is 4.94. The summed E-state index contributed by atoms with van der Waals surface area (Å²) < 4.78 is 61.4. The van der Waals surface area contributed by atoms with Crippen molar-refractivity contribution in [3.05, 3.63) is 106 Å². The summed E-state index contributed by atoms with van der Waals surface area (Å²) in [6.45, 7) is -0.490. The third-order valence-corrected chi connectivity index (χ3v) is 5.75. The summed E-state index contributed by atoms with van der Waals surface area (Å²) in [7, 11) is 0. The Bertz CT molecular complexity index is 1190. The van der Waals surface area contributed by atoms with Gasteiger partial charge in [-0.2, -0.15) is 0 Å². The summed E-state index contributed by atoms with van der Waals surface area (Å²) >= 11 is 3.11. The van der Waals surface area contributed by atoms with Crippen molar-refractivity contribution < 1.29 is 37.0 Å². The normalized spacial score (nSPS) is 13.7. The summed E-state index contributed by atoms with van der Waals surface area (Å²) in [6.07, 6.45) is 0.409. The number of aliphatic hydroxyl groups is 1. The van der Waals surface area contributed by atoms with Crippen LogP contribution in [0.1, 0.15) is 28.2 Å². The van der Waals surface area contributed by atoms with Gasteiger partial charge in [0.2, 0.25) is 5.60 Å². The first kappa shape index (κ1) is 25.6. The molecule has 3 rings (SSSR count). The molecule has 4 nitrogen and oxygen atoms in total. The number of rotatable bonds is 9. The van der Waals surface area contributed by atoms with Gasteiger partial charge in [0.25, 0.3) is 0 Å². The van der Waals surface area contributed by atoms with Gasteiger partial charge < -0.3 is 14.6 Å². The van der Waals surface area contributed by atoms with Crippen LogP contribution in [0.3, 0.4) is 0 Å². The highest BCUT2D eigenvalue weighted by Crippen LogP contribution is 2.36. The lowest BCUT2D eigenvalue weighted by Gasteiger charge is -2.30. The number of benzene rings is 3. The highest BCUT2D eigenvalue weighted by molar-refractivity contribution is 9.09. The summed E-state index contributed by atoms with van der Waals surface area (Å²) in [5, 5.41) is 11.7. The molecule has 0 bridgehead atoms. The molecule has 0 heterocycles. The van der Waals surface area contributed by atoms with Crippen molar-refractivity contribution in [1.29, 1.82) is 0 Å². The monoisotopic (exact) mass is 538 g/mol. The molecule has 0 saturated carbocycles. The summed E-state index contributed by atoms with van der Waals surface area (Å²) in [5.74, 6) is -7.39. The average molecular weight is 539 g/mol. The maximum Gasteiger partial charge on any atom is 0.347 e. The lowest BCUT2D eigenvalue weighted by molar-refractivity contribution is -0.162. The van der Waals surface area contributed by atoms with Crippen molar-refractivity contribution in [2.24, 2.45) is 0 Å². The third-order valence-electron chi connectivity index (χ3n) is 5.35. The van der Waals surface area contributed by atoms with E-state index < -0.39 is 58.5 Å². The Morgan fingerprint density at radius 2 is 1.68 bits per heavy atom. The van der Waals surface area contributed by atoms with E-state index in [0.29, 0.717) is 30.0 Å². The van der Waals surface area contributed by atoms with Gasteiger partial charge in [-0.05, 0) is 35.7 Å². The van der Waals surface area contributed by atoms with Crippen LogP contribution in [0.25, 0.3) is 0 Å². The van der Waals surface area contributed by atoms with E-state index in [-0.39, 0.29) is 17.3 Å². The number of carbonyl (C=O) groups excluding carboxylic acids is 2. The number of aldehydes is 1. The molecule has 0 saturated heterocycles. The molecular formula is C25H19BrF4O4. The van der Waals surface area contributed by atoms with Crippen LogP contribution in [-0.4, -0.2) is 29.3 Å². The zero-order valence-electron chi connectivity index (χ0n) is 17.6. The molecule has 0 fully saturated rings. The molecule has 0 aliphatic carbocycles. The molecule has 1 N–H and O–H groups in total. The first-order chi connectivity index (χ1) is 16.2. The van der Waals surface area contributed by atoms with Crippen LogP contribution in [-0.2, 0) is 26.3 Å². The molecule has 0 radical (unpaired) electrons. The van der Waals surface area contributed by atoms with Crippen molar-refractivity contribution >= 4 is 28.2 Å². The minimum absolute atomic E-state index is 0.140. The van der Waals surface area contributed by atoms with E-state index in [2.05, 4.69) is 15.9 Å². The Balaban J connectivity index is 2.09. The van der Waals surface area contributed by atoms with Crippen LogP contribution >= 0.6 is 15.9 Å². The SMILES string of the molecule is O=CC(COC(=O)C(O)(c1ccc(F)c(F)c1)c1ccc(F)c(F)c1CCBr)c1ccccc1. The summed E-state index contributed by atoms with van der Waals surface area (Å²) in [5.41, 5.74) is -3.50. The maximum absolute atomic E-state index is 14.7. The summed E-state index contributed by atoms with van der Waals surface area (Å²) in [4.78, 5) is 24.8. The van der Waals surface area contributed by atoms with Crippen LogP contribution in [0.15, 0.2) is 60.7 Å². The van der Waals surface area contributed by atoms with Crippen LogP contribution < -0.4 is 0 Å². The van der Waals surface area contributed by atoms with E-state index in [1.807, 2.05) is 0 Å². The van der Waals surface area contributed by atoms with Gasteiger partial charge in [0.1, 0.15) is 12.9 Å². The zero-order chi connectivity index (χ0) is 24.9. The predicted molar refractivity (Wildman–Crippen MR) is 119 cm³/mol. The van der Waals surface area contributed by atoms with Gasteiger partial charge in [0.15, 0.2) is 23.3 Å². The van der Waals surface area contributed by atoms with Crippen LogP contribution in [0, 0.1) is 23.3 Å². The molecule has 0 aliphatic rings. The van der Waals surface area contributed by atoms with Gasteiger partial charge >= 0.3 is 5.97 Å². The Labute approximate surface area is 201 Å². The minimum Gasteiger partial charge on any atom is -0.462 e. The van der Waals surface area contributed by atoms with E-state index in [1.165, 1.54) is 0 Å². The Kier molecular flexibility index (Phi) is 8.22. The molecule has 0 aliphatic heterocycles. The lowest BCUT2D eigenvalue weighted by atomic mass is 9.82. The smallest absolute Gasteiger partial charge is 0.347 e. The Morgan fingerprint density at radius 3 is 2.29 bits per heavy atom. The highest BCUT2D eigenvalue weighted by Gasteiger charge is 2.45. The number of alkyl halides is 1. The van der Waals surface area contributed by atoms with Crippen LogP contribution in [0.5, 0.6) is 0 Å². The quantitative estimate of drug-likeness (QED) is 0.181. The molecule has 2 unspecified atom stereocenters. The van der Waals surface area contributed by atoms with E-state index in [0.717, 1.165) is 12.1 Å². The van der Waals surface area contributed by atoms with Gasteiger partial charge in [-0.1, -0.05) is 58.4 Å². The highest BCUT2D eigenvalue weighted by atomic mass is 79.9. The van der Waals surface area contributed by atoms with Crippen molar-refractivity contribution in [3.63, 3.8) is 0 Å². The van der Waals surface area contributed by atoms with Gasteiger partial charge in [0, 0.05) is 16.5 Å². The second-order valence-electron chi connectivity index (χ2n) is 7.42. The Hall–Kier alpha value is -3.04. The second-order valence-corrected chi connectivity index (χ2v) is 8.21. The van der Waals surface area contributed by atoms with E-state index in [9.17, 15) is 32.3 Å². The zero-order valence-corrected chi connectivity index (χ0v) is 19.2. The molecule has 0 spiro atoms. The van der Waals surface area contributed by atoms with Gasteiger partial charge in [0.05, 0.1) is 5.92 Å². The number of carbonyl (C=O) groups is 2. The molecule has 3 aromatic rings. The molecule has 9 heteroatoms. The molecule has 178 valence electrons. The number of hydrogen-bond acceptors (Lipinski definition) is 4. The molecule has 0 aromatic heterocycles. The van der Waals surface area contributed by atoms with E-state index in [1.54, 1.807) is 30.3 Å². The van der Waals surface area contributed by atoms with Crippen molar-refractivity contribution in [2.45, 2.75) is 17.9 Å². The number of hydrogen-bond donors (Lipinski definition) is 1. The molecule has 34 heavy (non-hydrogen) atoms. The van der Waals surface area contributed by atoms with E-state index >= 15 is 0 Å². The second kappa shape index (κ2) is 10.9. The summed E-state index contributed by atoms with van der Waals surface area (Å²) in [6, 6.07) is 12.2. The first-order valence-electron chi connectivity index (χ1n) is 10.1. The topological polar surface area (TPSA) is 63.6 Å². The fraction of sp³-hybridized carbons (Fsp3) is 0.200. The van der Waals surface area contributed by atoms with Gasteiger partial charge in [-0.15, -0.1) is 0 Å². The largest absolute Gasteiger partial charge is 0.462 e. The minimum atomic E-state index is -2.83. The van der Waals surface area contributed by atoms with Crippen LogP contribution in [0.2, 0.25) is 0 Å². The van der Waals surface area contributed by atoms with Crippen molar-refractivity contribution in [3.8, 4) is 0 Å². The molecular weight excluding hydrogens is 520 g/mol. The van der Waals surface area contributed by atoms with Crippen molar-refractivity contribution in [1.82, 2.24) is 0 Å². The average Bonchev–Trinajstić information content (AvgIpc) is 2.84. The number of ether oxygens (including phenoxy) is 1. The first-order valence-corrected chi connectivity index (χ1v) is 11.2. The fourth-order valence-electron chi connectivity index (χ4n) is 3.56. The lowest BCUT2D eigenvalue weighted by Crippen LogP contribution is -2.40. The third kappa shape index (κ3) is 5.05.